The van der Waals surface area contributed by atoms with Crippen molar-refractivity contribution in [1.82, 2.24) is 4.98 Å². The van der Waals surface area contributed by atoms with E-state index in [1.165, 1.54) is 11.3 Å². The third kappa shape index (κ3) is 4.07. The Morgan fingerprint density at radius 3 is 3.04 bits per heavy atom. The van der Waals surface area contributed by atoms with Crippen molar-refractivity contribution in [3.8, 4) is 5.75 Å². The lowest BCUT2D eigenvalue weighted by Crippen LogP contribution is -2.46. The summed E-state index contributed by atoms with van der Waals surface area (Å²) in [6.07, 6.45) is 4.42. The molecule has 2 atom stereocenters. The lowest BCUT2D eigenvalue weighted by molar-refractivity contribution is -0.104. The molecule has 3 heterocycles. The van der Waals surface area contributed by atoms with Crippen molar-refractivity contribution >= 4 is 11.3 Å². The molecule has 1 saturated heterocycles. The highest BCUT2D eigenvalue weighted by Gasteiger charge is 2.48. The molecule has 1 unspecified atom stereocenters. The maximum absolute atomic E-state index is 8.63. The first-order valence-corrected chi connectivity index (χ1v) is 10.7. The SMILES string of the molecule is [2H]C1([2H])CCC2(C1)C[C@](CCCC([2H])([2H])c1sccc1OC)(c1ccccn1)CCO2. The predicted octanol–water partition coefficient (Wildman–Crippen LogP) is 5.93. The normalized spacial score (nSPS) is 32.5. The lowest BCUT2D eigenvalue weighted by atomic mass is 9.67. The summed E-state index contributed by atoms with van der Waals surface area (Å²) in [5, 5.41) is 1.87. The Labute approximate surface area is 172 Å². The fourth-order valence-electron chi connectivity index (χ4n) is 4.67. The second kappa shape index (κ2) is 8.32. The van der Waals surface area contributed by atoms with E-state index in [4.69, 9.17) is 19.9 Å². The van der Waals surface area contributed by atoms with Crippen LogP contribution in [-0.4, -0.2) is 24.3 Å². The standard InChI is InChI=1S/C23H31NO2S/c1-25-19-10-17-27-20(19)8-2-4-11-22(21-9-3-7-15-24-21)14-16-26-23(18-22)12-5-6-13-23/h3,7,9-10,15,17H,2,4-6,8,11-14,16,18H2,1H3/t22-/m1/s1/i5D2,8D2/t22-,23?. The molecule has 27 heavy (non-hydrogen) atoms. The van der Waals surface area contributed by atoms with E-state index in [2.05, 4.69) is 6.07 Å². The fourth-order valence-corrected chi connectivity index (χ4v) is 5.45. The van der Waals surface area contributed by atoms with Crippen LogP contribution in [0.25, 0.3) is 0 Å². The first kappa shape index (κ1) is 14.6. The number of rotatable bonds is 7. The first-order valence-electron chi connectivity index (χ1n) is 11.9. The third-order valence-electron chi connectivity index (χ3n) is 6.03. The van der Waals surface area contributed by atoms with Crippen molar-refractivity contribution in [2.45, 2.75) is 75.1 Å². The van der Waals surface area contributed by atoms with Gasteiger partial charge in [-0.05, 0) is 68.5 Å². The van der Waals surface area contributed by atoms with Crippen LogP contribution in [-0.2, 0) is 16.5 Å². The molecule has 2 aromatic heterocycles. The minimum Gasteiger partial charge on any atom is -0.496 e. The molecule has 1 aliphatic heterocycles. The van der Waals surface area contributed by atoms with Crippen molar-refractivity contribution in [3.63, 3.8) is 0 Å². The van der Waals surface area contributed by atoms with Gasteiger partial charge in [0.1, 0.15) is 5.75 Å². The topological polar surface area (TPSA) is 31.4 Å². The van der Waals surface area contributed by atoms with E-state index in [0.29, 0.717) is 42.9 Å². The molecule has 0 amide bonds. The number of aromatic nitrogens is 1. The molecule has 3 nitrogen and oxygen atoms in total. The zero-order chi connectivity index (χ0) is 22.2. The molecule has 0 bridgehead atoms. The van der Waals surface area contributed by atoms with Crippen LogP contribution in [0, 0.1) is 0 Å². The van der Waals surface area contributed by atoms with E-state index in [9.17, 15) is 0 Å². The summed E-state index contributed by atoms with van der Waals surface area (Å²) < 4.78 is 45.3. The molecule has 1 spiro atoms. The lowest BCUT2D eigenvalue weighted by Gasteiger charge is -2.46. The Kier molecular flexibility index (Phi) is 4.49. The van der Waals surface area contributed by atoms with Crippen LogP contribution >= 0.6 is 11.3 Å². The largest absolute Gasteiger partial charge is 0.496 e. The van der Waals surface area contributed by atoms with Gasteiger partial charge in [-0.25, -0.2) is 0 Å². The van der Waals surface area contributed by atoms with Gasteiger partial charge >= 0.3 is 0 Å². The van der Waals surface area contributed by atoms with E-state index in [0.717, 1.165) is 31.4 Å². The van der Waals surface area contributed by atoms with Gasteiger partial charge in [-0.1, -0.05) is 25.3 Å². The average Bonchev–Trinajstić information content (AvgIpc) is 3.33. The van der Waals surface area contributed by atoms with Gasteiger partial charge in [0.15, 0.2) is 0 Å². The molecule has 4 rings (SSSR count). The van der Waals surface area contributed by atoms with Crippen LogP contribution < -0.4 is 4.74 Å². The molecule has 0 radical (unpaired) electrons. The van der Waals surface area contributed by atoms with Gasteiger partial charge in [-0.15, -0.1) is 11.3 Å². The Balaban J connectivity index is 1.54. The number of aryl methyl sites for hydroxylation is 1. The number of pyridine rings is 1. The summed E-state index contributed by atoms with van der Waals surface area (Å²) in [7, 11) is 1.58. The van der Waals surface area contributed by atoms with Crippen molar-refractivity contribution in [2.75, 3.05) is 13.7 Å². The summed E-state index contributed by atoms with van der Waals surface area (Å²) in [6, 6.07) is 7.82. The van der Waals surface area contributed by atoms with E-state index in [1.807, 2.05) is 29.8 Å². The van der Waals surface area contributed by atoms with Crippen molar-refractivity contribution in [3.05, 3.63) is 46.4 Å². The smallest absolute Gasteiger partial charge is 0.132 e. The van der Waals surface area contributed by atoms with E-state index in [1.54, 1.807) is 7.11 Å². The van der Waals surface area contributed by atoms with Gasteiger partial charge in [-0.3, -0.25) is 4.98 Å². The molecule has 4 heteroatoms. The fraction of sp³-hybridized carbons (Fsp3) is 0.609. The first-order chi connectivity index (χ1) is 14.7. The molecule has 146 valence electrons. The molecule has 2 aromatic rings. The quantitative estimate of drug-likeness (QED) is 0.588. The van der Waals surface area contributed by atoms with Gasteiger partial charge in [0, 0.05) is 34.3 Å². The van der Waals surface area contributed by atoms with Crippen molar-refractivity contribution < 1.29 is 15.0 Å². The number of methoxy groups -OCH3 is 1. The Morgan fingerprint density at radius 2 is 2.26 bits per heavy atom. The molecular weight excluding hydrogens is 354 g/mol. The van der Waals surface area contributed by atoms with Crippen LogP contribution in [0.3, 0.4) is 0 Å². The van der Waals surface area contributed by atoms with Gasteiger partial charge in [0.05, 0.1) is 12.7 Å². The Bertz CT molecular complexity index is 891. The predicted molar refractivity (Wildman–Crippen MR) is 111 cm³/mol. The maximum Gasteiger partial charge on any atom is 0.132 e. The van der Waals surface area contributed by atoms with Crippen LogP contribution in [0.15, 0.2) is 35.8 Å². The molecule has 2 fully saturated rings. The molecule has 0 aromatic carbocycles. The van der Waals surface area contributed by atoms with Crippen molar-refractivity contribution in [2.24, 2.45) is 0 Å². The third-order valence-corrected chi connectivity index (χ3v) is 6.88. The zero-order valence-corrected chi connectivity index (χ0v) is 16.8. The molecule has 0 N–H and O–H groups in total. The number of thiophene rings is 1. The summed E-state index contributed by atoms with van der Waals surface area (Å²) in [5.74, 6) is 0.618. The van der Waals surface area contributed by atoms with Gasteiger partial charge in [0.25, 0.3) is 0 Å². The van der Waals surface area contributed by atoms with Gasteiger partial charge in [0.2, 0.25) is 0 Å². The van der Waals surface area contributed by atoms with Crippen LogP contribution in [0.4, 0.5) is 0 Å². The van der Waals surface area contributed by atoms with Gasteiger partial charge in [-0.2, -0.15) is 0 Å². The molecule has 2 aliphatic rings. The highest BCUT2D eigenvalue weighted by molar-refractivity contribution is 7.10. The van der Waals surface area contributed by atoms with Crippen molar-refractivity contribution in [1.29, 1.82) is 0 Å². The Morgan fingerprint density at radius 1 is 1.30 bits per heavy atom. The zero-order valence-electron chi connectivity index (χ0n) is 20.0. The number of hydrogen-bond acceptors (Lipinski definition) is 4. The second-order valence-electron chi connectivity index (χ2n) is 7.73. The minimum absolute atomic E-state index is 0.213. The van der Waals surface area contributed by atoms with Crippen LogP contribution in [0.1, 0.15) is 73.8 Å². The second-order valence-corrected chi connectivity index (χ2v) is 8.64. The summed E-state index contributed by atoms with van der Waals surface area (Å²) in [5.41, 5.74) is 0.379. The molecule has 1 aliphatic carbocycles. The van der Waals surface area contributed by atoms with E-state index >= 15 is 0 Å². The van der Waals surface area contributed by atoms with Crippen LogP contribution in [0.5, 0.6) is 5.75 Å². The number of hydrogen-bond donors (Lipinski definition) is 0. The maximum atomic E-state index is 8.63. The van der Waals surface area contributed by atoms with E-state index < -0.39 is 18.3 Å². The van der Waals surface area contributed by atoms with E-state index in [-0.39, 0.29) is 5.41 Å². The van der Waals surface area contributed by atoms with Gasteiger partial charge < -0.3 is 9.47 Å². The number of ether oxygens (including phenoxy) is 2. The number of nitrogens with zero attached hydrogens (tertiary/aromatic N) is 1. The monoisotopic (exact) mass is 389 g/mol. The average molecular weight is 390 g/mol. The molecule has 1 saturated carbocycles. The van der Waals surface area contributed by atoms with Crippen LogP contribution in [0.2, 0.25) is 0 Å². The Hall–Kier alpha value is -1.39. The minimum atomic E-state index is -1.45. The summed E-state index contributed by atoms with van der Waals surface area (Å²) in [6.45, 7) is 0.596. The highest BCUT2D eigenvalue weighted by atomic mass is 32.1. The summed E-state index contributed by atoms with van der Waals surface area (Å²) in [4.78, 5) is 5.34. The molecular formula is C23H31NO2S. The highest BCUT2D eigenvalue weighted by Crippen LogP contribution is 2.50. The summed E-state index contributed by atoms with van der Waals surface area (Å²) >= 11 is 1.40.